The van der Waals surface area contributed by atoms with Gasteiger partial charge in [-0.15, -0.1) is 10.2 Å². The summed E-state index contributed by atoms with van der Waals surface area (Å²) in [7, 11) is 0. The summed E-state index contributed by atoms with van der Waals surface area (Å²) in [6, 6.07) is 17.4. The molecule has 4 rings (SSSR count). The fourth-order valence-corrected chi connectivity index (χ4v) is 3.50. The molecule has 0 spiro atoms. The fraction of sp³-hybridized carbons (Fsp3) is 0.292. The van der Waals surface area contributed by atoms with Crippen LogP contribution >= 0.6 is 0 Å². The molecule has 1 aliphatic heterocycles. The first kappa shape index (κ1) is 20.8. The Kier molecular flexibility index (Phi) is 6.43. The summed E-state index contributed by atoms with van der Waals surface area (Å²) in [4.78, 5) is 14.5. The largest absolute Gasteiger partial charge is 0.483 e. The van der Waals surface area contributed by atoms with Crippen LogP contribution in [-0.2, 0) is 9.53 Å². The summed E-state index contributed by atoms with van der Waals surface area (Å²) in [5.74, 6) is 1.34. The van der Waals surface area contributed by atoms with Crippen molar-refractivity contribution in [3.8, 4) is 17.0 Å². The zero-order chi connectivity index (χ0) is 21.6. The topological polar surface area (TPSA) is 76.6 Å². The maximum atomic E-state index is 12.4. The van der Waals surface area contributed by atoms with Crippen LogP contribution in [0.2, 0.25) is 0 Å². The molecule has 0 atom stereocenters. The van der Waals surface area contributed by atoms with Gasteiger partial charge in [0, 0.05) is 24.3 Å². The number of ether oxygens (including phenoxy) is 2. The van der Waals surface area contributed by atoms with Crippen molar-refractivity contribution in [2.24, 2.45) is 0 Å². The lowest BCUT2D eigenvalue weighted by Crippen LogP contribution is -2.36. The van der Waals surface area contributed by atoms with Gasteiger partial charge in [-0.3, -0.25) is 4.79 Å². The third-order valence-corrected chi connectivity index (χ3v) is 5.12. The van der Waals surface area contributed by atoms with Crippen molar-refractivity contribution in [3.05, 3.63) is 65.7 Å². The van der Waals surface area contributed by atoms with Gasteiger partial charge in [0.05, 0.1) is 18.9 Å². The number of benzene rings is 2. The van der Waals surface area contributed by atoms with Crippen molar-refractivity contribution >= 4 is 17.4 Å². The SMILES string of the molecule is Cc1ccc(OCC(=O)Nc2cccc(-c3ccc(N4CCOCC4)nn3)c2)c(C)c1. The highest BCUT2D eigenvalue weighted by molar-refractivity contribution is 5.92. The predicted molar refractivity (Wildman–Crippen MR) is 121 cm³/mol. The number of anilines is 2. The molecular weight excluding hydrogens is 392 g/mol. The van der Waals surface area contributed by atoms with E-state index in [1.165, 1.54) is 0 Å². The molecule has 2 heterocycles. The van der Waals surface area contributed by atoms with Crippen LogP contribution in [0.15, 0.2) is 54.6 Å². The number of aryl methyl sites for hydroxylation is 2. The Morgan fingerprint density at radius 3 is 2.65 bits per heavy atom. The van der Waals surface area contributed by atoms with Crippen LogP contribution in [0.1, 0.15) is 11.1 Å². The summed E-state index contributed by atoms with van der Waals surface area (Å²) in [5.41, 5.74) is 4.49. The molecule has 1 aromatic heterocycles. The summed E-state index contributed by atoms with van der Waals surface area (Å²) >= 11 is 0. The van der Waals surface area contributed by atoms with Gasteiger partial charge in [-0.1, -0.05) is 29.8 Å². The van der Waals surface area contributed by atoms with Crippen molar-refractivity contribution in [1.82, 2.24) is 10.2 Å². The first-order valence-corrected chi connectivity index (χ1v) is 10.4. The molecule has 0 aliphatic carbocycles. The maximum absolute atomic E-state index is 12.4. The molecule has 1 N–H and O–H groups in total. The molecule has 0 saturated carbocycles. The fourth-order valence-electron chi connectivity index (χ4n) is 3.50. The molecule has 1 fully saturated rings. The monoisotopic (exact) mass is 418 g/mol. The number of nitrogens with one attached hydrogen (secondary N) is 1. The summed E-state index contributed by atoms with van der Waals surface area (Å²) in [5, 5.41) is 11.6. The highest BCUT2D eigenvalue weighted by atomic mass is 16.5. The molecule has 160 valence electrons. The second-order valence-corrected chi connectivity index (χ2v) is 7.56. The standard InChI is InChI=1S/C24H26N4O3/c1-17-6-8-22(18(2)14-17)31-16-24(29)25-20-5-3-4-19(15-20)21-7-9-23(27-26-21)28-10-12-30-13-11-28/h3-9,14-15H,10-13,16H2,1-2H3,(H,25,29). The van der Waals surface area contributed by atoms with Crippen molar-refractivity contribution < 1.29 is 14.3 Å². The molecule has 2 aromatic carbocycles. The van der Waals surface area contributed by atoms with E-state index in [-0.39, 0.29) is 12.5 Å². The Morgan fingerprint density at radius 2 is 1.90 bits per heavy atom. The molecular formula is C24H26N4O3. The molecule has 0 unspecified atom stereocenters. The lowest BCUT2D eigenvalue weighted by Gasteiger charge is -2.27. The van der Waals surface area contributed by atoms with Crippen molar-refractivity contribution in [2.75, 3.05) is 43.1 Å². The number of hydrogen-bond acceptors (Lipinski definition) is 6. The van der Waals surface area contributed by atoms with Crippen LogP contribution in [0.25, 0.3) is 11.3 Å². The third kappa shape index (κ3) is 5.38. The zero-order valence-corrected chi connectivity index (χ0v) is 17.8. The summed E-state index contributed by atoms with van der Waals surface area (Å²) in [6.45, 7) is 6.99. The number of amides is 1. The summed E-state index contributed by atoms with van der Waals surface area (Å²) in [6.07, 6.45) is 0. The number of hydrogen-bond donors (Lipinski definition) is 1. The molecule has 1 aliphatic rings. The molecule has 1 amide bonds. The number of nitrogens with zero attached hydrogens (tertiary/aromatic N) is 3. The van der Waals surface area contributed by atoms with E-state index in [0.29, 0.717) is 24.7 Å². The average molecular weight is 418 g/mol. The van der Waals surface area contributed by atoms with Crippen LogP contribution in [0.5, 0.6) is 5.75 Å². The van der Waals surface area contributed by atoms with Gasteiger partial charge >= 0.3 is 0 Å². The van der Waals surface area contributed by atoms with Gasteiger partial charge in [0.2, 0.25) is 0 Å². The van der Waals surface area contributed by atoms with Crippen LogP contribution in [0.4, 0.5) is 11.5 Å². The van der Waals surface area contributed by atoms with Crippen LogP contribution in [0, 0.1) is 13.8 Å². The smallest absolute Gasteiger partial charge is 0.262 e. The van der Waals surface area contributed by atoms with Crippen LogP contribution in [-0.4, -0.2) is 49.0 Å². The van der Waals surface area contributed by atoms with E-state index in [4.69, 9.17) is 9.47 Å². The second-order valence-electron chi connectivity index (χ2n) is 7.56. The summed E-state index contributed by atoms with van der Waals surface area (Å²) < 4.78 is 11.0. The number of rotatable bonds is 6. The highest BCUT2D eigenvalue weighted by Crippen LogP contribution is 2.23. The van der Waals surface area contributed by atoms with Gasteiger partial charge in [-0.25, -0.2) is 0 Å². The van der Waals surface area contributed by atoms with Gasteiger partial charge < -0.3 is 19.7 Å². The maximum Gasteiger partial charge on any atom is 0.262 e. The lowest BCUT2D eigenvalue weighted by atomic mass is 10.1. The average Bonchev–Trinajstić information content (AvgIpc) is 2.79. The van der Waals surface area contributed by atoms with E-state index >= 15 is 0 Å². The Balaban J connectivity index is 1.38. The van der Waals surface area contributed by atoms with Gasteiger partial charge in [0.1, 0.15) is 5.75 Å². The molecule has 1 saturated heterocycles. The number of aromatic nitrogens is 2. The Labute approximate surface area is 182 Å². The van der Waals surface area contributed by atoms with Crippen LogP contribution in [0.3, 0.4) is 0 Å². The van der Waals surface area contributed by atoms with Gasteiger partial charge in [-0.2, -0.15) is 0 Å². The van der Waals surface area contributed by atoms with E-state index in [0.717, 1.165) is 41.3 Å². The number of carbonyl (C=O) groups excluding carboxylic acids is 1. The second kappa shape index (κ2) is 9.57. The molecule has 7 nitrogen and oxygen atoms in total. The van der Waals surface area contributed by atoms with E-state index in [1.807, 2.05) is 68.4 Å². The molecule has 7 heteroatoms. The Bertz CT molecular complexity index is 1050. The number of carbonyl (C=O) groups is 1. The first-order chi connectivity index (χ1) is 15.1. The van der Waals surface area contributed by atoms with E-state index in [2.05, 4.69) is 20.4 Å². The van der Waals surface area contributed by atoms with Crippen molar-refractivity contribution in [1.29, 1.82) is 0 Å². The van der Waals surface area contributed by atoms with E-state index < -0.39 is 0 Å². The molecule has 31 heavy (non-hydrogen) atoms. The number of morpholine rings is 1. The Hall–Kier alpha value is -3.45. The molecule has 0 bridgehead atoms. The van der Waals surface area contributed by atoms with Crippen LogP contribution < -0.4 is 15.0 Å². The minimum absolute atomic E-state index is 0.0534. The normalized spacial score (nSPS) is 13.7. The van der Waals surface area contributed by atoms with Crippen molar-refractivity contribution in [2.45, 2.75) is 13.8 Å². The third-order valence-electron chi connectivity index (χ3n) is 5.12. The minimum atomic E-state index is -0.217. The van der Waals surface area contributed by atoms with E-state index in [1.54, 1.807) is 0 Å². The lowest BCUT2D eigenvalue weighted by molar-refractivity contribution is -0.118. The molecule has 0 radical (unpaired) electrons. The Morgan fingerprint density at radius 1 is 1.06 bits per heavy atom. The van der Waals surface area contributed by atoms with Crippen molar-refractivity contribution in [3.63, 3.8) is 0 Å². The van der Waals surface area contributed by atoms with E-state index in [9.17, 15) is 4.79 Å². The van der Waals surface area contributed by atoms with Gasteiger partial charge in [0.15, 0.2) is 12.4 Å². The first-order valence-electron chi connectivity index (χ1n) is 10.4. The zero-order valence-electron chi connectivity index (χ0n) is 17.8. The highest BCUT2D eigenvalue weighted by Gasteiger charge is 2.13. The minimum Gasteiger partial charge on any atom is -0.483 e. The quantitative estimate of drug-likeness (QED) is 0.659. The molecule has 3 aromatic rings. The van der Waals surface area contributed by atoms with Gasteiger partial charge in [0.25, 0.3) is 5.91 Å². The predicted octanol–water partition coefficient (Wildman–Crippen LogP) is 3.61. The van der Waals surface area contributed by atoms with Gasteiger partial charge in [-0.05, 0) is 49.7 Å².